The SMILES string of the molecule is c1ccc2c(c1)-c1ccccc1-n1c(nc3c4ccccc4ccc31)N2c1ccc(-c2cccc3c2oc2ccccc23)cc1. The average Bonchev–Trinajstić information content (AvgIpc) is 3.65. The average molecular weight is 576 g/mol. The molecule has 7 aromatic carbocycles. The lowest BCUT2D eigenvalue weighted by molar-refractivity contribution is 0.670. The van der Waals surface area contributed by atoms with Crippen LogP contribution in [-0.2, 0) is 0 Å². The van der Waals surface area contributed by atoms with Crippen LogP contribution in [0.5, 0.6) is 0 Å². The summed E-state index contributed by atoms with van der Waals surface area (Å²) in [4.78, 5) is 7.72. The van der Waals surface area contributed by atoms with Crippen molar-refractivity contribution in [1.82, 2.24) is 9.55 Å². The van der Waals surface area contributed by atoms with E-state index in [1.165, 1.54) is 16.5 Å². The second-order valence-electron chi connectivity index (χ2n) is 11.6. The molecule has 0 fully saturated rings. The summed E-state index contributed by atoms with van der Waals surface area (Å²) in [6.07, 6.45) is 0. The molecule has 0 spiro atoms. The quantitative estimate of drug-likeness (QED) is 0.206. The molecule has 0 aliphatic carbocycles. The third kappa shape index (κ3) is 3.45. The fourth-order valence-electron chi connectivity index (χ4n) is 7.11. The lowest BCUT2D eigenvalue weighted by Gasteiger charge is -2.24. The Bertz CT molecular complexity index is 2610. The molecule has 0 atom stereocenters. The van der Waals surface area contributed by atoms with Crippen LogP contribution in [0.15, 0.2) is 156 Å². The summed E-state index contributed by atoms with van der Waals surface area (Å²) in [5.74, 6) is 0.867. The lowest BCUT2D eigenvalue weighted by Crippen LogP contribution is -2.14. The van der Waals surface area contributed by atoms with Crippen molar-refractivity contribution in [3.63, 3.8) is 0 Å². The largest absolute Gasteiger partial charge is 0.455 e. The second-order valence-corrected chi connectivity index (χ2v) is 11.6. The molecule has 1 aliphatic heterocycles. The van der Waals surface area contributed by atoms with E-state index in [1.807, 2.05) is 12.1 Å². The van der Waals surface area contributed by atoms with Crippen LogP contribution in [0, 0.1) is 0 Å². The van der Waals surface area contributed by atoms with Crippen LogP contribution in [0.1, 0.15) is 0 Å². The maximum Gasteiger partial charge on any atom is 0.220 e. The Kier molecular flexibility index (Phi) is 4.96. The topological polar surface area (TPSA) is 34.2 Å². The van der Waals surface area contributed by atoms with E-state index >= 15 is 0 Å². The highest BCUT2D eigenvalue weighted by Gasteiger charge is 2.29. The Labute approximate surface area is 259 Å². The zero-order chi connectivity index (χ0) is 29.5. The van der Waals surface area contributed by atoms with E-state index < -0.39 is 0 Å². The Morgan fingerprint density at radius 1 is 0.489 bits per heavy atom. The monoisotopic (exact) mass is 575 g/mol. The minimum atomic E-state index is 0.867. The number of hydrogen-bond donors (Lipinski definition) is 0. The van der Waals surface area contributed by atoms with Gasteiger partial charge in [-0.05, 0) is 47.3 Å². The van der Waals surface area contributed by atoms with Crippen molar-refractivity contribution in [2.45, 2.75) is 0 Å². The summed E-state index contributed by atoms with van der Waals surface area (Å²) < 4.78 is 8.69. The molecule has 45 heavy (non-hydrogen) atoms. The highest BCUT2D eigenvalue weighted by Crippen LogP contribution is 2.48. The van der Waals surface area contributed by atoms with Crippen LogP contribution in [0.3, 0.4) is 0 Å². The molecular weight excluding hydrogens is 550 g/mol. The molecule has 0 bridgehead atoms. The number of imidazole rings is 1. The Balaban J connectivity index is 1.22. The van der Waals surface area contributed by atoms with Crippen molar-refractivity contribution in [1.29, 1.82) is 0 Å². The first-order chi connectivity index (χ1) is 22.3. The van der Waals surface area contributed by atoms with Gasteiger partial charge in [-0.3, -0.25) is 9.47 Å². The van der Waals surface area contributed by atoms with Crippen LogP contribution in [-0.4, -0.2) is 9.55 Å². The molecule has 3 heterocycles. The zero-order valence-electron chi connectivity index (χ0n) is 24.2. The molecular formula is C41H25N3O. The standard InChI is InChI=1S/C41H25N3O/c1-2-11-29-26(10-1)22-25-37-39(29)42-41-43(35-17-6-3-12-31(35)32-13-4-7-18-36(32)44(37)41)28-23-20-27(21-24-28)30-15-9-16-34-33-14-5-8-19-38(33)45-40(30)34/h1-25H. The molecule has 0 radical (unpaired) electrons. The summed E-state index contributed by atoms with van der Waals surface area (Å²) >= 11 is 0. The summed E-state index contributed by atoms with van der Waals surface area (Å²) in [6, 6.07) is 53.6. The summed E-state index contributed by atoms with van der Waals surface area (Å²) in [6.45, 7) is 0. The van der Waals surface area contributed by atoms with E-state index in [0.29, 0.717) is 0 Å². The smallest absolute Gasteiger partial charge is 0.220 e. The van der Waals surface area contributed by atoms with Gasteiger partial charge in [-0.15, -0.1) is 0 Å². The number of hydrogen-bond acceptors (Lipinski definition) is 3. The Hall–Kier alpha value is -6.13. The van der Waals surface area contributed by atoms with E-state index in [4.69, 9.17) is 9.40 Å². The first kappa shape index (κ1) is 24.3. The molecule has 4 heteroatoms. The number of aromatic nitrogens is 2. The van der Waals surface area contributed by atoms with Crippen molar-refractivity contribution in [2.75, 3.05) is 4.90 Å². The first-order valence-electron chi connectivity index (χ1n) is 15.2. The number of fused-ring (bicyclic) bond motifs is 12. The van der Waals surface area contributed by atoms with Gasteiger partial charge in [0.2, 0.25) is 5.95 Å². The van der Waals surface area contributed by atoms with Gasteiger partial charge in [-0.1, -0.05) is 115 Å². The molecule has 0 N–H and O–H groups in total. The number of para-hydroxylation sites is 4. The molecule has 9 aromatic rings. The number of furan rings is 1. The van der Waals surface area contributed by atoms with E-state index in [0.717, 1.165) is 72.5 Å². The number of benzene rings is 7. The van der Waals surface area contributed by atoms with Crippen molar-refractivity contribution in [2.24, 2.45) is 0 Å². The highest BCUT2D eigenvalue weighted by molar-refractivity contribution is 6.10. The summed E-state index contributed by atoms with van der Waals surface area (Å²) in [5, 5.41) is 4.60. The maximum atomic E-state index is 6.37. The first-order valence-corrected chi connectivity index (χ1v) is 15.2. The number of anilines is 3. The molecule has 0 saturated carbocycles. The fourth-order valence-corrected chi connectivity index (χ4v) is 7.11. The van der Waals surface area contributed by atoms with Gasteiger partial charge in [0.05, 0.1) is 22.4 Å². The van der Waals surface area contributed by atoms with E-state index in [9.17, 15) is 0 Å². The molecule has 210 valence electrons. The van der Waals surface area contributed by atoms with Gasteiger partial charge in [0.25, 0.3) is 0 Å². The van der Waals surface area contributed by atoms with Crippen molar-refractivity contribution < 1.29 is 4.42 Å². The minimum Gasteiger partial charge on any atom is -0.455 e. The third-order valence-corrected chi connectivity index (χ3v) is 9.15. The predicted molar refractivity (Wildman–Crippen MR) is 185 cm³/mol. The van der Waals surface area contributed by atoms with Crippen LogP contribution >= 0.6 is 0 Å². The molecule has 2 aromatic heterocycles. The van der Waals surface area contributed by atoms with Crippen LogP contribution in [0.2, 0.25) is 0 Å². The molecule has 10 rings (SSSR count). The van der Waals surface area contributed by atoms with E-state index in [-0.39, 0.29) is 0 Å². The van der Waals surface area contributed by atoms with Gasteiger partial charge in [-0.25, -0.2) is 4.98 Å². The second kappa shape index (κ2) is 9.18. The zero-order valence-corrected chi connectivity index (χ0v) is 24.2. The predicted octanol–water partition coefficient (Wildman–Crippen LogP) is 11.2. The van der Waals surface area contributed by atoms with E-state index in [2.05, 4.69) is 149 Å². The van der Waals surface area contributed by atoms with E-state index in [1.54, 1.807) is 0 Å². The normalized spacial score (nSPS) is 12.4. The highest BCUT2D eigenvalue weighted by atomic mass is 16.3. The van der Waals surface area contributed by atoms with Crippen LogP contribution in [0.4, 0.5) is 17.3 Å². The molecule has 1 aliphatic rings. The molecule has 4 nitrogen and oxygen atoms in total. The fraction of sp³-hybridized carbons (Fsp3) is 0. The maximum absolute atomic E-state index is 6.37. The van der Waals surface area contributed by atoms with Gasteiger partial charge in [0.1, 0.15) is 11.2 Å². The van der Waals surface area contributed by atoms with Gasteiger partial charge in [0, 0.05) is 38.5 Å². The van der Waals surface area contributed by atoms with Gasteiger partial charge < -0.3 is 4.42 Å². The van der Waals surface area contributed by atoms with Crippen molar-refractivity contribution in [3.8, 4) is 27.9 Å². The molecule has 0 unspecified atom stereocenters. The Morgan fingerprint density at radius 3 is 2.02 bits per heavy atom. The van der Waals surface area contributed by atoms with Crippen LogP contribution in [0.25, 0.3) is 71.7 Å². The minimum absolute atomic E-state index is 0.867. The van der Waals surface area contributed by atoms with Gasteiger partial charge in [-0.2, -0.15) is 0 Å². The van der Waals surface area contributed by atoms with Crippen molar-refractivity contribution in [3.05, 3.63) is 152 Å². The summed E-state index contributed by atoms with van der Waals surface area (Å²) in [5.41, 5.74) is 11.7. The Morgan fingerprint density at radius 2 is 1.16 bits per heavy atom. The number of rotatable bonds is 2. The van der Waals surface area contributed by atoms with Crippen molar-refractivity contribution >= 4 is 61.1 Å². The third-order valence-electron chi connectivity index (χ3n) is 9.15. The van der Waals surface area contributed by atoms with Crippen LogP contribution < -0.4 is 4.90 Å². The number of nitrogens with zero attached hydrogens (tertiary/aromatic N) is 3. The summed E-state index contributed by atoms with van der Waals surface area (Å²) in [7, 11) is 0. The van der Waals surface area contributed by atoms with Gasteiger partial charge >= 0.3 is 0 Å². The van der Waals surface area contributed by atoms with Gasteiger partial charge in [0.15, 0.2) is 0 Å². The molecule has 0 saturated heterocycles. The lowest BCUT2D eigenvalue weighted by atomic mass is 10.0. The molecule has 0 amide bonds.